The fourth-order valence-corrected chi connectivity index (χ4v) is 1.32. The molecule has 0 aliphatic heterocycles. The molecule has 0 aliphatic rings. The quantitative estimate of drug-likeness (QED) is 0.456. The van der Waals surface area contributed by atoms with Crippen LogP contribution >= 0.6 is 15.9 Å². The molecule has 10 heavy (non-hydrogen) atoms. The summed E-state index contributed by atoms with van der Waals surface area (Å²) in [7, 11) is 0. The lowest BCUT2D eigenvalue weighted by atomic mass is 10.0. The molecule has 0 nitrogen and oxygen atoms in total. The van der Waals surface area contributed by atoms with Crippen molar-refractivity contribution in [2.75, 3.05) is 5.33 Å². The minimum absolute atomic E-state index is 0.872. The molecule has 0 heterocycles. The summed E-state index contributed by atoms with van der Waals surface area (Å²) in [5.41, 5.74) is 0. The lowest BCUT2D eigenvalue weighted by Crippen LogP contribution is -1.94. The Labute approximate surface area is 73.5 Å². The largest absolute Gasteiger partial charge is 0.0925 e. The van der Waals surface area contributed by atoms with Gasteiger partial charge in [-0.3, -0.25) is 0 Å². The third-order valence-corrected chi connectivity index (χ3v) is 2.92. The maximum absolute atomic E-state index is 3.48. The number of unbranched alkanes of at least 4 members (excludes halogenated alkanes) is 3. The molecule has 0 saturated heterocycles. The summed E-state index contributed by atoms with van der Waals surface area (Å²) >= 11 is 3.48. The summed E-state index contributed by atoms with van der Waals surface area (Å²) in [5, 5.41) is 1.17. The lowest BCUT2D eigenvalue weighted by Gasteiger charge is -2.05. The molecule has 0 aliphatic carbocycles. The zero-order valence-electron chi connectivity index (χ0n) is 7.20. The van der Waals surface area contributed by atoms with Crippen molar-refractivity contribution in [1.82, 2.24) is 0 Å². The highest BCUT2D eigenvalue weighted by atomic mass is 79.9. The molecule has 0 aromatic heterocycles. The Morgan fingerprint density at radius 1 is 1.20 bits per heavy atom. The van der Waals surface area contributed by atoms with Crippen LogP contribution in [-0.4, -0.2) is 5.33 Å². The standard InChI is InChI=1S/C9H19Br/c1-3-4-5-6-7-9(2)8-10/h9H,3-8H2,1-2H3/t9-/m0/s1. The minimum atomic E-state index is 0.872. The van der Waals surface area contributed by atoms with Crippen LogP contribution in [-0.2, 0) is 0 Å². The van der Waals surface area contributed by atoms with Gasteiger partial charge in [-0.25, -0.2) is 0 Å². The average molecular weight is 207 g/mol. The molecule has 62 valence electrons. The highest BCUT2D eigenvalue weighted by molar-refractivity contribution is 9.09. The number of hydrogen-bond acceptors (Lipinski definition) is 0. The van der Waals surface area contributed by atoms with Crippen molar-refractivity contribution in [3.63, 3.8) is 0 Å². The molecular weight excluding hydrogens is 188 g/mol. The Kier molecular flexibility index (Phi) is 7.95. The van der Waals surface area contributed by atoms with Gasteiger partial charge in [-0.05, 0) is 12.3 Å². The maximum atomic E-state index is 3.48. The van der Waals surface area contributed by atoms with E-state index in [1.165, 1.54) is 37.4 Å². The van der Waals surface area contributed by atoms with Crippen LogP contribution in [0.3, 0.4) is 0 Å². The Morgan fingerprint density at radius 3 is 2.40 bits per heavy atom. The Balaban J connectivity index is 2.89. The van der Waals surface area contributed by atoms with Crippen LogP contribution in [0.1, 0.15) is 46.0 Å². The van der Waals surface area contributed by atoms with E-state index in [9.17, 15) is 0 Å². The first-order valence-electron chi connectivity index (χ1n) is 4.37. The minimum Gasteiger partial charge on any atom is -0.0925 e. The molecule has 1 heteroatoms. The molecule has 0 bridgehead atoms. The molecule has 0 aromatic carbocycles. The zero-order valence-corrected chi connectivity index (χ0v) is 8.78. The van der Waals surface area contributed by atoms with E-state index in [1.807, 2.05) is 0 Å². The normalized spacial score (nSPS) is 13.5. The van der Waals surface area contributed by atoms with Crippen molar-refractivity contribution in [2.45, 2.75) is 46.0 Å². The number of halogens is 1. The molecule has 0 fully saturated rings. The molecular formula is C9H19Br. The SMILES string of the molecule is CCCCCC[C@H](C)CBr. The van der Waals surface area contributed by atoms with E-state index >= 15 is 0 Å². The number of hydrogen-bond donors (Lipinski definition) is 0. The van der Waals surface area contributed by atoms with Gasteiger partial charge in [0.1, 0.15) is 0 Å². The molecule has 0 radical (unpaired) electrons. The van der Waals surface area contributed by atoms with Crippen LogP contribution in [0.5, 0.6) is 0 Å². The Hall–Kier alpha value is 0.480. The van der Waals surface area contributed by atoms with Gasteiger partial charge in [-0.15, -0.1) is 0 Å². The second kappa shape index (κ2) is 7.59. The smallest absolute Gasteiger partial charge is 0.00570 e. The predicted molar refractivity (Wildman–Crippen MR) is 51.7 cm³/mol. The number of rotatable bonds is 6. The van der Waals surface area contributed by atoms with Crippen molar-refractivity contribution in [1.29, 1.82) is 0 Å². The van der Waals surface area contributed by atoms with Crippen LogP contribution in [0.15, 0.2) is 0 Å². The molecule has 0 spiro atoms. The van der Waals surface area contributed by atoms with Crippen LogP contribution in [0.4, 0.5) is 0 Å². The fraction of sp³-hybridized carbons (Fsp3) is 1.00. The van der Waals surface area contributed by atoms with Gasteiger partial charge in [0, 0.05) is 5.33 Å². The van der Waals surface area contributed by atoms with Crippen LogP contribution in [0.2, 0.25) is 0 Å². The van der Waals surface area contributed by atoms with E-state index in [0.717, 1.165) is 5.92 Å². The summed E-state index contributed by atoms with van der Waals surface area (Å²) < 4.78 is 0. The Bertz CT molecular complexity index is 61.7. The molecule has 0 amide bonds. The first-order valence-corrected chi connectivity index (χ1v) is 5.49. The Morgan fingerprint density at radius 2 is 1.90 bits per heavy atom. The second-order valence-electron chi connectivity index (χ2n) is 3.11. The summed E-state index contributed by atoms with van der Waals surface area (Å²) in [6, 6.07) is 0. The highest BCUT2D eigenvalue weighted by Crippen LogP contribution is 2.11. The van der Waals surface area contributed by atoms with Crippen molar-refractivity contribution in [2.24, 2.45) is 5.92 Å². The first kappa shape index (κ1) is 10.5. The molecule has 0 rings (SSSR count). The van der Waals surface area contributed by atoms with Gasteiger partial charge < -0.3 is 0 Å². The summed E-state index contributed by atoms with van der Waals surface area (Å²) in [6.45, 7) is 4.56. The van der Waals surface area contributed by atoms with Crippen molar-refractivity contribution in [3.8, 4) is 0 Å². The van der Waals surface area contributed by atoms with E-state index in [-0.39, 0.29) is 0 Å². The van der Waals surface area contributed by atoms with Crippen molar-refractivity contribution in [3.05, 3.63) is 0 Å². The van der Waals surface area contributed by atoms with Crippen LogP contribution in [0.25, 0.3) is 0 Å². The second-order valence-corrected chi connectivity index (χ2v) is 3.76. The van der Waals surface area contributed by atoms with Gasteiger partial charge in [-0.1, -0.05) is 55.5 Å². The van der Waals surface area contributed by atoms with E-state index in [0.29, 0.717) is 0 Å². The van der Waals surface area contributed by atoms with E-state index in [1.54, 1.807) is 0 Å². The van der Waals surface area contributed by atoms with Gasteiger partial charge in [0.15, 0.2) is 0 Å². The van der Waals surface area contributed by atoms with Crippen LogP contribution < -0.4 is 0 Å². The van der Waals surface area contributed by atoms with Crippen molar-refractivity contribution < 1.29 is 0 Å². The lowest BCUT2D eigenvalue weighted by molar-refractivity contribution is 0.533. The van der Waals surface area contributed by atoms with Gasteiger partial charge in [0.05, 0.1) is 0 Å². The third kappa shape index (κ3) is 6.60. The van der Waals surface area contributed by atoms with Gasteiger partial charge in [0.2, 0.25) is 0 Å². The third-order valence-electron chi connectivity index (χ3n) is 1.81. The summed E-state index contributed by atoms with van der Waals surface area (Å²) in [5.74, 6) is 0.872. The van der Waals surface area contributed by atoms with Gasteiger partial charge in [0.25, 0.3) is 0 Å². The average Bonchev–Trinajstić information content (AvgIpc) is 1.98. The monoisotopic (exact) mass is 206 g/mol. The van der Waals surface area contributed by atoms with Gasteiger partial charge in [-0.2, -0.15) is 0 Å². The maximum Gasteiger partial charge on any atom is 0.00570 e. The zero-order chi connectivity index (χ0) is 7.82. The topological polar surface area (TPSA) is 0 Å². The predicted octanol–water partition coefficient (Wildman–Crippen LogP) is 3.99. The van der Waals surface area contributed by atoms with Gasteiger partial charge >= 0.3 is 0 Å². The highest BCUT2D eigenvalue weighted by Gasteiger charge is 1.97. The number of alkyl halides is 1. The van der Waals surface area contributed by atoms with E-state index in [4.69, 9.17) is 0 Å². The fourth-order valence-electron chi connectivity index (χ4n) is 0.997. The molecule has 0 N–H and O–H groups in total. The summed E-state index contributed by atoms with van der Waals surface area (Å²) in [6.07, 6.45) is 7.00. The molecule has 0 saturated carbocycles. The van der Waals surface area contributed by atoms with E-state index in [2.05, 4.69) is 29.8 Å². The van der Waals surface area contributed by atoms with E-state index < -0.39 is 0 Å². The van der Waals surface area contributed by atoms with Crippen LogP contribution in [0, 0.1) is 5.92 Å². The first-order chi connectivity index (χ1) is 4.81. The molecule has 0 unspecified atom stereocenters. The molecule has 0 aromatic rings. The summed E-state index contributed by atoms with van der Waals surface area (Å²) in [4.78, 5) is 0. The van der Waals surface area contributed by atoms with Crippen molar-refractivity contribution >= 4 is 15.9 Å². The molecule has 1 atom stereocenters.